The number of benzene rings is 1. The zero-order valence-electron chi connectivity index (χ0n) is 9.60. The van der Waals surface area contributed by atoms with E-state index >= 15 is 0 Å². The van der Waals surface area contributed by atoms with Crippen molar-refractivity contribution >= 4 is 16.9 Å². The molecule has 2 heterocycles. The third-order valence-electron chi connectivity index (χ3n) is 2.98. The van der Waals surface area contributed by atoms with Gasteiger partial charge in [-0.15, -0.1) is 0 Å². The molecule has 0 aliphatic carbocycles. The van der Waals surface area contributed by atoms with Gasteiger partial charge in [-0.1, -0.05) is 18.2 Å². The highest BCUT2D eigenvalue weighted by Gasteiger charge is 2.14. The highest BCUT2D eigenvalue weighted by Crippen LogP contribution is 2.14. The van der Waals surface area contributed by atoms with Gasteiger partial charge in [-0.2, -0.15) is 0 Å². The predicted molar refractivity (Wildman–Crippen MR) is 67.0 cm³/mol. The van der Waals surface area contributed by atoms with Gasteiger partial charge in [0.2, 0.25) is 5.95 Å². The number of fused-ring (bicyclic) bond motifs is 1. The predicted octanol–water partition coefficient (Wildman–Crippen LogP) is 2.22. The monoisotopic (exact) mass is 229 g/mol. The Morgan fingerprint density at radius 1 is 1.29 bits per heavy atom. The van der Waals surface area contributed by atoms with Crippen LogP contribution in [-0.2, 0) is 4.74 Å². The van der Waals surface area contributed by atoms with Crippen molar-refractivity contribution < 1.29 is 4.74 Å². The second-order valence-corrected chi connectivity index (χ2v) is 4.31. The number of nitrogens with zero attached hydrogens (tertiary/aromatic N) is 2. The first-order valence-electron chi connectivity index (χ1n) is 5.98. The minimum atomic E-state index is 0.338. The van der Waals surface area contributed by atoms with Gasteiger partial charge in [0.25, 0.3) is 0 Å². The zero-order valence-corrected chi connectivity index (χ0v) is 9.60. The number of aromatic nitrogens is 2. The number of hydrogen-bond donors (Lipinski definition) is 1. The van der Waals surface area contributed by atoms with Crippen molar-refractivity contribution in [2.75, 3.05) is 18.5 Å². The van der Waals surface area contributed by atoms with E-state index in [1.807, 2.05) is 30.5 Å². The largest absolute Gasteiger partial charge is 0.379 e. The minimum Gasteiger partial charge on any atom is -0.379 e. The smallest absolute Gasteiger partial charge is 0.223 e. The molecule has 1 aromatic heterocycles. The van der Waals surface area contributed by atoms with Crippen LogP contribution >= 0.6 is 0 Å². The summed E-state index contributed by atoms with van der Waals surface area (Å²) in [6.07, 6.45) is 4.08. The molecule has 1 atom stereocenters. The van der Waals surface area contributed by atoms with Gasteiger partial charge >= 0.3 is 0 Å². The Morgan fingerprint density at radius 3 is 3.12 bits per heavy atom. The summed E-state index contributed by atoms with van der Waals surface area (Å²) in [6, 6.07) is 8.34. The van der Waals surface area contributed by atoms with E-state index in [2.05, 4.69) is 15.3 Å². The van der Waals surface area contributed by atoms with Crippen LogP contribution in [-0.4, -0.2) is 29.2 Å². The third-order valence-corrected chi connectivity index (χ3v) is 2.98. The molecule has 0 bridgehead atoms. The topological polar surface area (TPSA) is 47.0 Å². The first-order chi connectivity index (χ1) is 8.42. The fourth-order valence-corrected chi connectivity index (χ4v) is 2.08. The molecule has 1 aliphatic heterocycles. The molecule has 1 fully saturated rings. The molecular formula is C13H15N3O. The van der Waals surface area contributed by atoms with Crippen LogP contribution in [0.1, 0.15) is 12.8 Å². The zero-order chi connectivity index (χ0) is 11.5. The number of hydrogen-bond acceptors (Lipinski definition) is 4. The molecule has 17 heavy (non-hydrogen) atoms. The van der Waals surface area contributed by atoms with Crippen LogP contribution < -0.4 is 5.32 Å². The number of para-hydroxylation sites is 1. The number of rotatable bonds is 2. The molecule has 2 aromatic rings. The molecule has 1 aliphatic rings. The van der Waals surface area contributed by atoms with Gasteiger partial charge < -0.3 is 10.1 Å². The Balaban J connectivity index is 1.80. The molecule has 0 saturated carbocycles. The summed E-state index contributed by atoms with van der Waals surface area (Å²) in [6.45, 7) is 1.62. The average Bonchev–Trinajstić information content (AvgIpc) is 2.40. The van der Waals surface area contributed by atoms with Crippen molar-refractivity contribution in [3.05, 3.63) is 30.5 Å². The van der Waals surface area contributed by atoms with Crippen LogP contribution in [0.15, 0.2) is 30.5 Å². The Morgan fingerprint density at radius 2 is 2.24 bits per heavy atom. The summed E-state index contributed by atoms with van der Waals surface area (Å²) < 4.78 is 5.42. The first kappa shape index (κ1) is 10.5. The molecule has 1 saturated heterocycles. The fraction of sp³-hybridized carbons (Fsp3) is 0.385. The first-order valence-corrected chi connectivity index (χ1v) is 5.98. The second-order valence-electron chi connectivity index (χ2n) is 4.31. The van der Waals surface area contributed by atoms with Gasteiger partial charge in [0.15, 0.2) is 0 Å². The molecule has 4 heteroatoms. The Labute approximate surface area is 100 Å². The summed E-state index contributed by atoms with van der Waals surface area (Å²) in [5.41, 5.74) is 0.974. The summed E-state index contributed by atoms with van der Waals surface area (Å²) >= 11 is 0. The van der Waals surface area contributed by atoms with E-state index in [0.29, 0.717) is 12.0 Å². The number of ether oxygens (including phenoxy) is 1. The summed E-state index contributed by atoms with van der Waals surface area (Å²) in [7, 11) is 0. The lowest BCUT2D eigenvalue weighted by Gasteiger charge is -2.23. The van der Waals surface area contributed by atoms with Crippen LogP contribution in [0, 0.1) is 0 Å². The molecule has 3 rings (SSSR count). The van der Waals surface area contributed by atoms with Gasteiger partial charge in [-0.3, -0.25) is 0 Å². The van der Waals surface area contributed by atoms with Crippen molar-refractivity contribution in [1.82, 2.24) is 9.97 Å². The molecule has 1 unspecified atom stereocenters. The van der Waals surface area contributed by atoms with Crippen LogP contribution in [0.4, 0.5) is 5.95 Å². The fourth-order valence-electron chi connectivity index (χ4n) is 2.08. The van der Waals surface area contributed by atoms with Crippen molar-refractivity contribution in [1.29, 1.82) is 0 Å². The molecule has 0 amide bonds. The van der Waals surface area contributed by atoms with Gasteiger partial charge in [0, 0.05) is 18.2 Å². The lowest BCUT2D eigenvalue weighted by Crippen LogP contribution is -2.30. The third kappa shape index (κ3) is 2.36. The van der Waals surface area contributed by atoms with E-state index in [1.54, 1.807) is 0 Å². The quantitative estimate of drug-likeness (QED) is 0.857. The normalized spacial score (nSPS) is 20.4. The summed E-state index contributed by atoms with van der Waals surface area (Å²) in [4.78, 5) is 8.81. The Bertz CT molecular complexity index is 509. The van der Waals surface area contributed by atoms with Crippen molar-refractivity contribution in [3.8, 4) is 0 Å². The van der Waals surface area contributed by atoms with Crippen LogP contribution in [0.5, 0.6) is 0 Å². The highest BCUT2D eigenvalue weighted by molar-refractivity contribution is 5.78. The lowest BCUT2D eigenvalue weighted by molar-refractivity contribution is 0.0874. The Hall–Kier alpha value is -1.68. The average molecular weight is 229 g/mol. The maximum atomic E-state index is 5.42. The van der Waals surface area contributed by atoms with E-state index in [0.717, 1.165) is 37.0 Å². The maximum absolute atomic E-state index is 5.42. The molecule has 88 valence electrons. The second kappa shape index (κ2) is 4.67. The van der Waals surface area contributed by atoms with Crippen molar-refractivity contribution in [2.45, 2.75) is 18.9 Å². The molecule has 4 nitrogen and oxygen atoms in total. The molecule has 1 aromatic carbocycles. The standard InChI is InChI=1S/C13H15N3O/c1-2-6-12-10(4-1)8-14-13(16-12)15-11-5-3-7-17-9-11/h1-2,4,6,8,11H,3,5,7,9H2,(H,14,15,16). The van der Waals surface area contributed by atoms with E-state index in [1.165, 1.54) is 0 Å². The SMILES string of the molecule is c1ccc2nc(NC3CCCOC3)ncc2c1. The summed E-state index contributed by atoms with van der Waals surface area (Å²) in [5.74, 6) is 0.694. The van der Waals surface area contributed by atoms with E-state index < -0.39 is 0 Å². The van der Waals surface area contributed by atoms with E-state index in [9.17, 15) is 0 Å². The minimum absolute atomic E-state index is 0.338. The maximum Gasteiger partial charge on any atom is 0.223 e. The van der Waals surface area contributed by atoms with Gasteiger partial charge in [-0.05, 0) is 18.9 Å². The van der Waals surface area contributed by atoms with Crippen LogP contribution in [0.3, 0.4) is 0 Å². The molecule has 0 radical (unpaired) electrons. The van der Waals surface area contributed by atoms with Crippen molar-refractivity contribution in [3.63, 3.8) is 0 Å². The van der Waals surface area contributed by atoms with Gasteiger partial charge in [0.05, 0.1) is 18.2 Å². The molecule has 1 N–H and O–H groups in total. The Kier molecular flexibility index (Phi) is 2.88. The molecule has 0 spiro atoms. The van der Waals surface area contributed by atoms with Crippen LogP contribution in [0.2, 0.25) is 0 Å². The van der Waals surface area contributed by atoms with E-state index in [4.69, 9.17) is 4.74 Å². The van der Waals surface area contributed by atoms with Gasteiger partial charge in [0.1, 0.15) is 0 Å². The highest BCUT2D eigenvalue weighted by atomic mass is 16.5. The number of anilines is 1. The number of nitrogens with one attached hydrogen (secondary N) is 1. The van der Waals surface area contributed by atoms with Crippen molar-refractivity contribution in [2.24, 2.45) is 0 Å². The molecular weight excluding hydrogens is 214 g/mol. The lowest BCUT2D eigenvalue weighted by atomic mass is 10.1. The van der Waals surface area contributed by atoms with Crippen LogP contribution in [0.25, 0.3) is 10.9 Å². The van der Waals surface area contributed by atoms with Gasteiger partial charge in [-0.25, -0.2) is 9.97 Å². The summed E-state index contributed by atoms with van der Waals surface area (Å²) in [5, 5.41) is 4.39. The van der Waals surface area contributed by atoms with E-state index in [-0.39, 0.29) is 0 Å².